The zero-order valence-electron chi connectivity index (χ0n) is 21.1. The molecule has 1 atom stereocenters. The van der Waals surface area contributed by atoms with Gasteiger partial charge in [0.15, 0.2) is 0 Å². The predicted molar refractivity (Wildman–Crippen MR) is 161 cm³/mol. The van der Waals surface area contributed by atoms with Gasteiger partial charge in [0.1, 0.15) is 6.04 Å². The van der Waals surface area contributed by atoms with E-state index in [1.165, 1.54) is 11.8 Å². The van der Waals surface area contributed by atoms with Crippen LogP contribution in [0.25, 0.3) is 0 Å². The Morgan fingerprint density at radius 2 is 1.63 bits per heavy atom. The van der Waals surface area contributed by atoms with E-state index in [1.807, 2.05) is 36.4 Å². The number of unbranched alkanes of at least 4 members (excludes halogenated alkanes) is 1. The van der Waals surface area contributed by atoms with Gasteiger partial charge in [-0.15, -0.1) is 11.8 Å². The molecule has 4 nitrogen and oxygen atoms in total. The van der Waals surface area contributed by atoms with E-state index in [0.717, 1.165) is 24.0 Å². The molecule has 3 aromatic carbocycles. The molecule has 0 spiro atoms. The van der Waals surface area contributed by atoms with Crippen LogP contribution in [0.15, 0.2) is 66.7 Å². The number of rotatable bonds is 13. The molecular weight excluding hydrogens is 582 g/mol. The lowest BCUT2D eigenvalue weighted by Crippen LogP contribution is -2.51. The number of hydrogen-bond donors (Lipinski definition) is 1. The highest BCUT2D eigenvalue weighted by atomic mass is 35.5. The van der Waals surface area contributed by atoms with Crippen molar-refractivity contribution < 1.29 is 9.59 Å². The van der Waals surface area contributed by atoms with Crippen LogP contribution < -0.4 is 5.32 Å². The van der Waals surface area contributed by atoms with E-state index in [1.54, 1.807) is 35.2 Å². The maximum absolute atomic E-state index is 13.8. The summed E-state index contributed by atoms with van der Waals surface area (Å²) < 4.78 is 0. The molecule has 0 bridgehead atoms. The van der Waals surface area contributed by atoms with Crippen LogP contribution in [0, 0.1) is 0 Å². The fourth-order valence-corrected chi connectivity index (χ4v) is 5.87. The standard InChI is InChI=1S/C29H30Cl4N2O2S/c1-2-3-14-34-29(37)27(15-20-8-5-4-6-9-20)35(17-23-24(31)10-7-11-25(23)32)28(36)19-38-18-21-12-13-22(30)16-26(21)33/h4-13,16,27H,2-3,14-15,17-19H2,1H3,(H,34,37). The van der Waals surface area contributed by atoms with Crippen LogP contribution in [-0.2, 0) is 28.3 Å². The minimum atomic E-state index is -0.742. The Balaban J connectivity index is 1.88. The molecule has 0 saturated heterocycles. The third-order valence-electron chi connectivity index (χ3n) is 5.99. The normalized spacial score (nSPS) is 11.7. The molecular formula is C29H30Cl4N2O2S. The number of carbonyl (C=O) groups excluding carboxylic acids is 2. The third kappa shape index (κ3) is 9.10. The van der Waals surface area contributed by atoms with Crippen molar-refractivity contribution in [3.05, 3.63) is 104 Å². The van der Waals surface area contributed by atoms with Crippen molar-refractivity contribution in [3.63, 3.8) is 0 Å². The summed E-state index contributed by atoms with van der Waals surface area (Å²) in [6, 6.07) is 19.5. The van der Waals surface area contributed by atoms with Crippen LogP contribution in [0.1, 0.15) is 36.5 Å². The first-order valence-electron chi connectivity index (χ1n) is 12.4. The Morgan fingerprint density at radius 3 is 2.29 bits per heavy atom. The number of nitrogens with zero attached hydrogens (tertiary/aromatic N) is 1. The molecule has 3 aromatic rings. The van der Waals surface area contributed by atoms with Crippen molar-refractivity contribution >= 4 is 70.0 Å². The van der Waals surface area contributed by atoms with E-state index in [0.29, 0.717) is 44.4 Å². The maximum Gasteiger partial charge on any atom is 0.243 e. The highest BCUT2D eigenvalue weighted by Gasteiger charge is 2.31. The first kappa shape index (κ1) is 30.6. The molecule has 0 saturated carbocycles. The quantitative estimate of drug-likeness (QED) is 0.199. The summed E-state index contributed by atoms with van der Waals surface area (Å²) >= 11 is 26.7. The van der Waals surface area contributed by atoms with Gasteiger partial charge in [0.05, 0.1) is 5.75 Å². The summed E-state index contributed by atoms with van der Waals surface area (Å²) in [6.45, 7) is 2.71. The van der Waals surface area contributed by atoms with E-state index in [4.69, 9.17) is 46.4 Å². The molecule has 202 valence electrons. The fraction of sp³-hybridized carbons (Fsp3) is 0.310. The van der Waals surface area contributed by atoms with Crippen LogP contribution in [-0.4, -0.2) is 35.1 Å². The van der Waals surface area contributed by atoms with E-state index < -0.39 is 6.04 Å². The molecule has 3 rings (SSSR count). The van der Waals surface area contributed by atoms with Crippen molar-refractivity contribution in [2.75, 3.05) is 12.3 Å². The minimum absolute atomic E-state index is 0.109. The van der Waals surface area contributed by atoms with Crippen LogP contribution in [0.2, 0.25) is 20.1 Å². The molecule has 0 fully saturated rings. The number of thioether (sulfide) groups is 1. The van der Waals surface area contributed by atoms with Gasteiger partial charge in [0.2, 0.25) is 11.8 Å². The van der Waals surface area contributed by atoms with Crippen molar-refractivity contribution in [2.45, 2.75) is 44.5 Å². The summed E-state index contributed by atoms with van der Waals surface area (Å²) in [5, 5.41) is 5.01. The molecule has 0 heterocycles. The van der Waals surface area contributed by atoms with Gasteiger partial charge in [-0.2, -0.15) is 0 Å². The van der Waals surface area contributed by atoms with Gasteiger partial charge >= 0.3 is 0 Å². The average molecular weight is 612 g/mol. The third-order valence-corrected chi connectivity index (χ3v) is 8.25. The lowest BCUT2D eigenvalue weighted by Gasteiger charge is -2.32. The van der Waals surface area contributed by atoms with Crippen molar-refractivity contribution in [2.24, 2.45) is 0 Å². The molecule has 38 heavy (non-hydrogen) atoms. The summed E-state index contributed by atoms with van der Waals surface area (Å²) in [5.74, 6) is 0.274. The topological polar surface area (TPSA) is 49.4 Å². The Kier molecular flexibility index (Phi) is 12.6. The second-order valence-electron chi connectivity index (χ2n) is 8.80. The molecule has 0 aromatic heterocycles. The van der Waals surface area contributed by atoms with Gasteiger partial charge in [-0.3, -0.25) is 9.59 Å². The monoisotopic (exact) mass is 610 g/mol. The molecule has 1 unspecified atom stereocenters. The molecule has 0 aliphatic rings. The number of benzene rings is 3. The maximum atomic E-state index is 13.8. The number of hydrogen-bond acceptors (Lipinski definition) is 3. The smallest absolute Gasteiger partial charge is 0.243 e. The van der Waals surface area contributed by atoms with E-state index >= 15 is 0 Å². The van der Waals surface area contributed by atoms with Crippen LogP contribution >= 0.6 is 58.2 Å². The Hall–Kier alpha value is -1.89. The van der Waals surface area contributed by atoms with Crippen LogP contribution in [0.5, 0.6) is 0 Å². The first-order chi connectivity index (χ1) is 18.3. The predicted octanol–water partition coefficient (Wildman–Crippen LogP) is 8.09. The summed E-state index contributed by atoms with van der Waals surface area (Å²) in [4.78, 5) is 28.8. The number of amides is 2. The second-order valence-corrected chi connectivity index (χ2v) is 11.4. The van der Waals surface area contributed by atoms with E-state index in [-0.39, 0.29) is 24.1 Å². The zero-order valence-corrected chi connectivity index (χ0v) is 24.9. The fourth-order valence-electron chi connectivity index (χ4n) is 3.88. The first-order valence-corrected chi connectivity index (χ1v) is 15.0. The zero-order chi connectivity index (χ0) is 27.5. The largest absolute Gasteiger partial charge is 0.354 e. The number of carbonyl (C=O) groups is 2. The van der Waals surface area contributed by atoms with E-state index in [2.05, 4.69) is 12.2 Å². The van der Waals surface area contributed by atoms with Gasteiger partial charge in [0, 0.05) is 50.9 Å². The molecule has 0 aliphatic heterocycles. The second kappa shape index (κ2) is 15.6. The summed E-state index contributed by atoms with van der Waals surface area (Å²) in [7, 11) is 0. The highest BCUT2D eigenvalue weighted by molar-refractivity contribution is 7.99. The Bertz CT molecular complexity index is 1210. The van der Waals surface area contributed by atoms with Crippen molar-refractivity contribution in [1.82, 2.24) is 10.2 Å². The highest BCUT2D eigenvalue weighted by Crippen LogP contribution is 2.29. The van der Waals surface area contributed by atoms with Crippen LogP contribution in [0.4, 0.5) is 0 Å². The van der Waals surface area contributed by atoms with Crippen LogP contribution in [0.3, 0.4) is 0 Å². The van der Waals surface area contributed by atoms with Crippen molar-refractivity contribution in [3.8, 4) is 0 Å². The lowest BCUT2D eigenvalue weighted by molar-refractivity contribution is -0.139. The Labute approximate surface area is 249 Å². The average Bonchev–Trinajstić information content (AvgIpc) is 2.89. The number of halogens is 4. The van der Waals surface area contributed by atoms with Gasteiger partial charge in [-0.05, 0) is 41.8 Å². The number of nitrogens with one attached hydrogen (secondary N) is 1. The SMILES string of the molecule is CCCCNC(=O)C(Cc1ccccc1)N(Cc1c(Cl)cccc1Cl)C(=O)CSCc1ccc(Cl)cc1Cl. The molecule has 1 N–H and O–H groups in total. The molecule has 2 amide bonds. The lowest BCUT2D eigenvalue weighted by atomic mass is 10.0. The minimum Gasteiger partial charge on any atom is -0.354 e. The van der Waals surface area contributed by atoms with E-state index in [9.17, 15) is 9.59 Å². The van der Waals surface area contributed by atoms with Gasteiger partial charge < -0.3 is 10.2 Å². The van der Waals surface area contributed by atoms with Crippen molar-refractivity contribution in [1.29, 1.82) is 0 Å². The van der Waals surface area contributed by atoms with Gasteiger partial charge in [-0.1, -0.05) is 102 Å². The molecule has 0 radical (unpaired) electrons. The summed E-state index contributed by atoms with van der Waals surface area (Å²) in [5.41, 5.74) is 2.44. The molecule has 9 heteroatoms. The molecule has 0 aliphatic carbocycles. The van der Waals surface area contributed by atoms with Gasteiger partial charge in [-0.25, -0.2) is 0 Å². The Morgan fingerprint density at radius 1 is 0.921 bits per heavy atom. The summed E-state index contributed by atoms with van der Waals surface area (Å²) in [6.07, 6.45) is 2.16. The van der Waals surface area contributed by atoms with Gasteiger partial charge in [0.25, 0.3) is 0 Å².